The Kier molecular flexibility index (Phi) is 3.54. The zero-order chi connectivity index (χ0) is 15.8. The third-order valence-corrected chi connectivity index (χ3v) is 4.89. The molecular formula is C19H19NO3. The summed E-state index contributed by atoms with van der Waals surface area (Å²) in [5, 5.41) is 12.7. The summed E-state index contributed by atoms with van der Waals surface area (Å²) < 4.78 is 6.09. The van der Waals surface area contributed by atoms with Gasteiger partial charge in [0.25, 0.3) is 0 Å². The molecule has 0 amide bonds. The molecule has 0 radical (unpaired) electrons. The number of rotatable bonds is 2. The van der Waals surface area contributed by atoms with Crippen LogP contribution >= 0.6 is 0 Å². The Balaban J connectivity index is 1.72. The van der Waals surface area contributed by atoms with Gasteiger partial charge in [0.15, 0.2) is 0 Å². The van der Waals surface area contributed by atoms with Crippen molar-refractivity contribution in [3.8, 4) is 0 Å². The second-order valence-electron chi connectivity index (χ2n) is 6.23. The average Bonchev–Trinajstić information content (AvgIpc) is 2.61. The second kappa shape index (κ2) is 5.70. The van der Waals surface area contributed by atoms with Crippen molar-refractivity contribution in [3.63, 3.8) is 0 Å². The van der Waals surface area contributed by atoms with Crippen molar-refractivity contribution in [1.82, 2.24) is 0 Å². The third-order valence-electron chi connectivity index (χ3n) is 4.89. The average molecular weight is 309 g/mol. The minimum Gasteiger partial charge on any atom is -0.478 e. The molecule has 118 valence electrons. The number of anilines is 1. The van der Waals surface area contributed by atoms with Crippen LogP contribution in [0.15, 0.2) is 48.5 Å². The quantitative estimate of drug-likeness (QED) is 0.879. The summed E-state index contributed by atoms with van der Waals surface area (Å²) in [6.45, 7) is 0.806. The van der Waals surface area contributed by atoms with Crippen molar-refractivity contribution >= 4 is 11.7 Å². The number of carboxylic acids is 1. The van der Waals surface area contributed by atoms with Crippen LogP contribution in [0.5, 0.6) is 0 Å². The van der Waals surface area contributed by atoms with Crippen molar-refractivity contribution < 1.29 is 14.6 Å². The van der Waals surface area contributed by atoms with E-state index < -0.39 is 5.97 Å². The van der Waals surface area contributed by atoms with Crippen LogP contribution < -0.4 is 5.32 Å². The van der Waals surface area contributed by atoms with Crippen LogP contribution in [0.25, 0.3) is 0 Å². The summed E-state index contributed by atoms with van der Waals surface area (Å²) in [6, 6.07) is 15.6. The number of carboxylic acid groups (broad SMARTS) is 1. The first-order valence-corrected chi connectivity index (χ1v) is 8.04. The Morgan fingerprint density at radius 1 is 1.13 bits per heavy atom. The molecule has 0 saturated carbocycles. The fourth-order valence-electron chi connectivity index (χ4n) is 3.78. The van der Waals surface area contributed by atoms with Crippen LogP contribution in [0.1, 0.15) is 46.5 Å². The van der Waals surface area contributed by atoms with E-state index in [0.29, 0.717) is 11.5 Å². The molecule has 0 aromatic heterocycles. The molecule has 2 aromatic rings. The van der Waals surface area contributed by atoms with Gasteiger partial charge in [-0.2, -0.15) is 0 Å². The fourth-order valence-corrected chi connectivity index (χ4v) is 3.78. The zero-order valence-corrected chi connectivity index (χ0v) is 12.7. The second-order valence-corrected chi connectivity index (χ2v) is 6.23. The molecule has 3 atom stereocenters. The number of hydrogen-bond donors (Lipinski definition) is 2. The predicted molar refractivity (Wildman–Crippen MR) is 87.6 cm³/mol. The first-order chi connectivity index (χ1) is 11.2. The molecular weight excluding hydrogens is 290 g/mol. The smallest absolute Gasteiger partial charge is 0.335 e. The molecule has 1 fully saturated rings. The summed E-state index contributed by atoms with van der Waals surface area (Å²) in [6.07, 6.45) is 2.29. The van der Waals surface area contributed by atoms with E-state index in [4.69, 9.17) is 9.84 Å². The number of hydrogen-bond acceptors (Lipinski definition) is 3. The number of para-hydroxylation sites is 1. The summed E-state index contributed by atoms with van der Waals surface area (Å²) in [5.41, 5.74) is 3.78. The molecule has 0 bridgehead atoms. The molecule has 4 heteroatoms. The maximum atomic E-state index is 11.0. The van der Waals surface area contributed by atoms with E-state index in [1.807, 2.05) is 18.2 Å². The Morgan fingerprint density at radius 3 is 2.70 bits per heavy atom. The van der Waals surface area contributed by atoms with Crippen LogP contribution in [0.3, 0.4) is 0 Å². The van der Waals surface area contributed by atoms with Gasteiger partial charge in [0.05, 0.1) is 17.7 Å². The molecule has 2 aliphatic heterocycles. The first kappa shape index (κ1) is 14.3. The maximum absolute atomic E-state index is 11.0. The fraction of sp³-hybridized carbons (Fsp3) is 0.316. The van der Waals surface area contributed by atoms with E-state index in [9.17, 15) is 4.79 Å². The van der Waals surface area contributed by atoms with Gasteiger partial charge in [0.2, 0.25) is 0 Å². The van der Waals surface area contributed by atoms with Crippen molar-refractivity contribution in [2.45, 2.75) is 25.0 Å². The van der Waals surface area contributed by atoms with Gasteiger partial charge in [-0.25, -0.2) is 4.79 Å². The normalized spacial score (nSPS) is 25.8. The lowest BCUT2D eigenvalue weighted by molar-refractivity contribution is -0.0381. The highest BCUT2D eigenvalue weighted by atomic mass is 16.5. The predicted octanol–water partition coefficient (Wildman–Crippen LogP) is 4.02. The number of fused-ring (bicyclic) bond motifs is 3. The van der Waals surface area contributed by atoms with E-state index in [0.717, 1.165) is 30.7 Å². The van der Waals surface area contributed by atoms with Crippen molar-refractivity contribution in [2.24, 2.45) is 5.92 Å². The molecule has 4 rings (SSSR count). The van der Waals surface area contributed by atoms with Crippen molar-refractivity contribution in [3.05, 3.63) is 65.2 Å². The monoisotopic (exact) mass is 309 g/mol. The molecule has 0 aliphatic carbocycles. The lowest BCUT2D eigenvalue weighted by atomic mass is 9.77. The molecule has 0 spiro atoms. The van der Waals surface area contributed by atoms with Gasteiger partial charge in [-0.3, -0.25) is 0 Å². The van der Waals surface area contributed by atoms with E-state index in [-0.39, 0.29) is 12.1 Å². The Labute approximate surface area is 135 Å². The van der Waals surface area contributed by atoms with E-state index in [1.54, 1.807) is 12.1 Å². The molecule has 2 aromatic carbocycles. The topological polar surface area (TPSA) is 58.6 Å². The van der Waals surface area contributed by atoms with Crippen LogP contribution in [0, 0.1) is 5.92 Å². The van der Waals surface area contributed by atoms with Gasteiger partial charge in [-0.15, -0.1) is 0 Å². The maximum Gasteiger partial charge on any atom is 0.335 e. The summed E-state index contributed by atoms with van der Waals surface area (Å²) in [5.74, 6) is -0.522. The van der Waals surface area contributed by atoms with Gasteiger partial charge < -0.3 is 15.2 Å². The Morgan fingerprint density at radius 2 is 1.91 bits per heavy atom. The highest BCUT2D eigenvalue weighted by Gasteiger charge is 2.39. The van der Waals surface area contributed by atoms with E-state index in [2.05, 4.69) is 23.5 Å². The van der Waals surface area contributed by atoms with Crippen LogP contribution in [0.4, 0.5) is 5.69 Å². The number of benzene rings is 2. The third kappa shape index (κ3) is 2.49. The lowest BCUT2D eigenvalue weighted by Crippen LogP contribution is -2.35. The highest BCUT2D eigenvalue weighted by Crippen LogP contribution is 2.48. The van der Waals surface area contributed by atoms with Gasteiger partial charge in [-0.05, 0) is 36.6 Å². The number of ether oxygens (including phenoxy) is 1. The lowest BCUT2D eigenvalue weighted by Gasteiger charge is -2.43. The molecule has 0 unspecified atom stereocenters. The van der Waals surface area contributed by atoms with Crippen molar-refractivity contribution in [1.29, 1.82) is 0 Å². The van der Waals surface area contributed by atoms with Gasteiger partial charge in [0, 0.05) is 23.8 Å². The largest absolute Gasteiger partial charge is 0.478 e. The summed E-state index contributed by atoms with van der Waals surface area (Å²) in [7, 11) is 0. The molecule has 2 aliphatic rings. The van der Waals surface area contributed by atoms with E-state index >= 15 is 0 Å². The molecule has 1 saturated heterocycles. The molecule has 23 heavy (non-hydrogen) atoms. The van der Waals surface area contributed by atoms with Crippen LogP contribution in [0.2, 0.25) is 0 Å². The number of aromatic carboxylic acids is 1. The number of nitrogens with one attached hydrogen (secondary N) is 1. The minimum atomic E-state index is -0.891. The van der Waals surface area contributed by atoms with Crippen LogP contribution in [-0.2, 0) is 4.74 Å². The standard InChI is InChI=1S/C19H19NO3/c21-19(22)13-9-7-12(8-10-13)17-15-5-3-11-23-18(15)14-4-1-2-6-16(14)20-17/h1-2,4,6-10,15,17-18,20H,3,5,11H2,(H,21,22)/t15-,17+,18+/m0/s1. The number of carbonyl (C=O) groups is 1. The summed E-state index contributed by atoms with van der Waals surface area (Å²) in [4.78, 5) is 11.0. The van der Waals surface area contributed by atoms with Gasteiger partial charge in [0.1, 0.15) is 0 Å². The SMILES string of the molecule is O=C(O)c1ccc([C@H]2Nc3ccccc3[C@H]3OCCC[C@@H]23)cc1. The minimum absolute atomic E-state index is 0.116. The molecule has 4 nitrogen and oxygen atoms in total. The summed E-state index contributed by atoms with van der Waals surface area (Å²) >= 11 is 0. The highest BCUT2D eigenvalue weighted by molar-refractivity contribution is 5.87. The van der Waals surface area contributed by atoms with E-state index in [1.165, 1.54) is 5.56 Å². The zero-order valence-electron chi connectivity index (χ0n) is 12.7. The molecule has 2 N–H and O–H groups in total. The van der Waals surface area contributed by atoms with Gasteiger partial charge >= 0.3 is 5.97 Å². The van der Waals surface area contributed by atoms with Gasteiger partial charge in [-0.1, -0.05) is 30.3 Å². The van der Waals surface area contributed by atoms with Crippen LogP contribution in [-0.4, -0.2) is 17.7 Å². The first-order valence-electron chi connectivity index (χ1n) is 8.04. The molecule has 2 heterocycles. The van der Waals surface area contributed by atoms with Crippen molar-refractivity contribution in [2.75, 3.05) is 11.9 Å². The Hall–Kier alpha value is -2.33. The Bertz CT molecular complexity index is 726.